The highest BCUT2D eigenvalue weighted by Gasteiger charge is 2.46. The van der Waals surface area contributed by atoms with Gasteiger partial charge >= 0.3 is 0 Å². The Kier molecular flexibility index (Phi) is 4.82. The number of amides is 1. The van der Waals surface area contributed by atoms with Gasteiger partial charge in [-0.1, -0.05) is 6.42 Å². The van der Waals surface area contributed by atoms with Gasteiger partial charge in [-0.15, -0.1) is 0 Å². The summed E-state index contributed by atoms with van der Waals surface area (Å²) in [5.74, 6) is 1.07. The molecule has 0 saturated heterocycles. The molecular formula is C20H24N4O3S. The lowest BCUT2D eigenvalue weighted by atomic mass is 10.0. The lowest BCUT2D eigenvalue weighted by molar-refractivity contribution is -0.114. The second kappa shape index (κ2) is 7.16. The third kappa shape index (κ3) is 3.73. The molecule has 148 valence electrons. The van der Waals surface area contributed by atoms with E-state index < -0.39 is 10.0 Å². The standard InChI is InChI=1S/C20H24N4O3S/c1-12-18(24-28(26,27)19-8-14-3-4-16(19)7-14)9-17(11-22-12)15-5-6-21-20(10-15)23-13(2)25/h5-6,9-11,14,16,19,24H,3-4,7-8H2,1-2H3,(H,21,23,25). The number of aromatic nitrogens is 2. The van der Waals surface area contributed by atoms with Crippen molar-refractivity contribution >= 4 is 27.4 Å². The molecule has 2 aliphatic rings. The van der Waals surface area contributed by atoms with Crippen LogP contribution in [0.25, 0.3) is 11.1 Å². The summed E-state index contributed by atoms with van der Waals surface area (Å²) in [5.41, 5.74) is 2.68. The average Bonchev–Trinajstić information content (AvgIpc) is 3.27. The van der Waals surface area contributed by atoms with Gasteiger partial charge in [-0.2, -0.15) is 0 Å². The summed E-state index contributed by atoms with van der Waals surface area (Å²) >= 11 is 0. The molecular weight excluding hydrogens is 376 g/mol. The molecule has 2 fully saturated rings. The molecule has 1 amide bonds. The fraction of sp³-hybridized carbons (Fsp3) is 0.450. The van der Waals surface area contributed by atoms with E-state index in [0.29, 0.717) is 23.1 Å². The molecule has 2 N–H and O–H groups in total. The van der Waals surface area contributed by atoms with Crippen molar-refractivity contribution in [3.05, 3.63) is 36.3 Å². The molecule has 4 rings (SSSR count). The predicted octanol–water partition coefficient (Wildman–Crippen LogP) is 3.34. The number of hydrogen-bond donors (Lipinski definition) is 2. The zero-order chi connectivity index (χ0) is 19.9. The summed E-state index contributed by atoms with van der Waals surface area (Å²) in [6, 6.07) is 5.33. The third-order valence-corrected chi connectivity index (χ3v) is 7.69. The van der Waals surface area contributed by atoms with Gasteiger partial charge in [-0.25, -0.2) is 13.4 Å². The van der Waals surface area contributed by atoms with Gasteiger partial charge in [-0.3, -0.25) is 14.5 Å². The number of fused-ring (bicyclic) bond motifs is 2. The summed E-state index contributed by atoms with van der Waals surface area (Å²) in [7, 11) is -3.45. The molecule has 2 saturated carbocycles. The lowest BCUT2D eigenvalue weighted by Gasteiger charge is -2.23. The molecule has 2 aliphatic carbocycles. The van der Waals surface area contributed by atoms with E-state index in [4.69, 9.17) is 0 Å². The number of carbonyl (C=O) groups is 1. The van der Waals surface area contributed by atoms with Gasteiger partial charge in [0.1, 0.15) is 5.82 Å². The van der Waals surface area contributed by atoms with Gasteiger partial charge in [0.15, 0.2) is 0 Å². The molecule has 2 heterocycles. The largest absolute Gasteiger partial charge is 0.311 e. The number of nitrogens with one attached hydrogen (secondary N) is 2. The van der Waals surface area contributed by atoms with Crippen LogP contribution in [0.15, 0.2) is 30.6 Å². The molecule has 3 unspecified atom stereocenters. The molecule has 7 nitrogen and oxygen atoms in total. The highest BCUT2D eigenvalue weighted by atomic mass is 32.2. The molecule has 2 bridgehead atoms. The molecule has 28 heavy (non-hydrogen) atoms. The Bertz CT molecular complexity index is 1020. The number of anilines is 2. The van der Waals surface area contributed by atoms with Crippen molar-refractivity contribution in [3.63, 3.8) is 0 Å². The maximum Gasteiger partial charge on any atom is 0.235 e. The second-order valence-corrected chi connectivity index (χ2v) is 9.73. The van der Waals surface area contributed by atoms with Gasteiger partial charge in [0, 0.05) is 24.9 Å². The summed E-state index contributed by atoms with van der Waals surface area (Å²) in [6.45, 7) is 3.21. The number of pyridine rings is 2. The molecule has 0 aromatic carbocycles. The normalized spacial score (nSPS) is 23.6. The van der Waals surface area contributed by atoms with Gasteiger partial charge in [0.2, 0.25) is 15.9 Å². The number of rotatable bonds is 5. The first kappa shape index (κ1) is 18.9. The molecule has 0 radical (unpaired) electrons. The molecule has 0 spiro atoms. The van der Waals surface area contributed by atoms with E-state index in [-0.39, 0.29) is 17.1 Å². The topological polar surface area (TPSA) is 101 Å². The predicted molar refractivity (Wildman–Crippen MR) is 108 cm³/mol. The number of nitrogens with zero attached hydrogens (tertiary/aromatic N) is 2. The smallest absolute Gasteiger partial charge is 0.235 e. The Labute approximate surface area is 165 Å². The third-order valence-electron chi connectivity index (χ3n) is 5.81. The van der Waals surface area contributed by atoms with Crippen molar-refractivity contribution in [3.8, 4) is 11.1 Å². The fourth-order valence-corrected chi connectivity index (χ4v) is 6.39. The lowest BCUT2D eigenvalue weighted by Crippen LogP contribution is -2.32. The van der Waals surface area contributed by atoms with Crippen molar-refractivity contribution in [2.24, 2.45) is 11.8 Å². The van der Waals surface area contributed by atoms with Crippen LogP contribution in [0.2, 0.25) is 0 Å². The molecule has 0 aliphatic heterocycles. The summed E-state index contributed by atoms with van der Waals surface area (Å²) in [5, 5.41) is 2.35. The van der Waals surface area contributed by atoms with E-state index >= 15 is 0 Å². The van der Waals surface area contributed by atoms with Crippen molar-refractivity contribution in [2.45, 2.75) is 44.8 Å². The van der Waals surface area contributed by atoms with Crippen molar-refractivity contribution in [2.75, 3.05) is 10.0 Å². The highest BCUT2D eigenvalue weighted by molar-refractivity contribution is 7.93. The first-order chi connectivity index (χ1) is 13.3. The summed E-state index contributed by atoms with van der Waals surface area (Å²) in [6.07, 6.45) is 7.25. The summed E-state index contributed by atoms with van der Waals surface area (Å²) in [4.78, 5) is 19.7. The maximum atomic E-state index is 13.0. The van der Waals surface area contributed by atoms with E-state index in [1.807, 2.05) is 0 Å². The van der Waals surface area contributed by atoms with E-state index in [9.17, 15) is 13.2 Å². The Morgan fingerprint density at radius 2 is 1.96 bits per heavy atom. The Balaban J connectivity index is 1.60. The van der Waals surface area contributed by atoms with E-state index in [2.05, 4.69) is 20.0 Å². The fourth-order valence-electron chi connectivity index (χ4n) is 4.45. The number of aryl methyl sites for hydroxylation is 1. The van der Waals surface area contributed by atoms with Gasteiger partial charge in [-0.05, 0) is 61.8 Å². The first-order valence-electron chi connectivity index (χ1n) is 9.54. The second-order valence-electron chi connectivity index (χ2n) is 7.83. The minimum atomic E-state index is -3.45. The highest BCUT2D eigenvalue weighted by Crippen LogP contribution is 2.47. The Morgan fingerprint density at radius 1 is 1.14 bits per heavy atom. The van der Waals surface area contributed by atoms with Crippen LogP contribution in [0.4, 0.5) is 11.5 Å². The van der Waals surface area contributed by atoms with E-state index in [1.165, 1.54) is 6.92 Å². The van der Waals surface area contributed by atoms with Crippen molar-refractivity contribution in [1.29, 1.82) is 0 Å². The number of carbonyl (C=O) groups excluding carboxylic acids is 1. The van der Waals surface area contributed by atoms with E-state index in [0.717, 1.165) is 36.8 Å². The van der Waals surface area contributed by atoms with Crippen LogP contribution < -0.4 is 10.0 Å². The zero-order valence-electron chi connectivity index (χ0n) is 16.0. The van der Waals surface area contributed by atoms with Crippen molar-refractivity contribution < 1.29 is 13.2 Å². The molecule has 8 heteroatoms. The average molecular weight is 401 g/mol. The van der Waals surface area contributed by atoms with Gasteiger partial charge in [0.05, 0.1) is 16.6 Å². The number of hydrogen-bond acceptors (Lipinski definition) is 5. The van der Waals surface area contributed by atoms with Crippen LogP contribution in [0.5, 0.6) is 0 Å². The van der Waals surface area contributed by atoms with E-state index in [1.54, 1.807) is 37.5 Å². The number of sulfonamides is 1. The minimum Gasteiger partial charge on any atom is -0.311 e. The van der Waals surface area contributed by atoms with Crippen LogP contribution >= 0.6 is 0 Å². The molecule has 3 atom stereocenters. The van der Waals surface area contributed by atoms with Crippen LogP contribution in [0, 0.1) is 18.8 Å². The van der Waals surface area contributed by atoms with Crippen LogP contribution in [-0.4, -0.2) is 29.5 Å². The summed E-state index contributed by atoms with van der Waals surface area (Å²) < 4.78 is 28.7. The Morgan fingerprint density at radius 3 is 2.64 bits per heavy atom. The minimum absolute atomic E-state index is 0.203. The first-order valence-corrected chi connectivity index (χ1v) is 11.1. The molecule has 2 aromatic rings. The van der Waals surface area contributed by atoms with Crippen LogP contribution in [0.1, 0.15) is 38.3 Å². The SMILES string of the molecule is CC(=O)Nc1cc(-c2cnc(C)c(NS(=O)(=O)C3CC4CCC3C4)c2)ccn1. The maximum absolute atomic E-state index is 13.0. The van der Waals surface area contributed by atoms with Gasteiger partial charge in [0.25, 0.3) is 0 Å². The van der Waals surface area contributed by atoms with Gasteiger partial charge < -0.3 is 5.32 Å². The Hall–Kier alpha value is -2.48. The quantitative estimate of drug-likeness (QED) is 0.802. The van der Waals surface area contributed by atoms with Crippen molar-refractivity contribution in [1.82, 2.24) is 9.97 Å². The monoisotopic (exact) mass is 400 g/mol. The van der Waals surface area contributed by atoms with Crippen LogP contribution in [-0.2, 0) is 14.8 Å². The molecule has 2 aromatic heterocycles. The zero-order valence-corrected chi connectivity index (χ0v) is 16.8. The van der Waals surface area contributed by atoms with Crippen LogP contribution in [0.3, 0.4) is 0 Å².